The third kappa shape index (κ3) is 3.32. The maximum atomic E-state index is 12.1. The van der Waals surface area contributed by atoms with E-state index in [4.69, 9.17) is 12.3 Å². The van der Waals surface area contributed by atoms with E-state index in [0.717, 1.165) is 4.90 Å². The average molecular weight is 422 g/mol. The lowest BCUT2D eigenvalue weighted by Crippen LogP contribution is -2.31. The van der Waals surface area contributed by atoms with E-state index < -0.39 is 32.3 Å². The summed E-state index contributed by atoms with van der Waals surface area (Å²) in [5, 5.41) is 12.1. The van der Waals surface area contributed by atoms with Crippen LogP contribution in [0.15, 0.2) is 71.8 Å². The highest BCUT2D eigenvalue weighted by molar-refractivity contribution is 6.08. The molecule has 0 fully saturated rings. The number of anilines is 1. The van der Waals surface area contributed by atoms with Crippen molar-refractivity contribution in [2.45, 2.75) is 19.3 Å². The normalized spacial score (nSPS) is 22.0. The Morgan fingerprint density at radius 2 is 1.87 bits per heavy atom. The van der Waals surface area contributed by atoms with Gasteiger partial charge in [-0.25, -0.2) is 4.58 Å². The van der Waals surface area contributed by atoms with Crippen molar-refractivity contribution >= 4 is 22.9 Å². The fourth-order valence-electron chi connectivity index (χ4n) is 4.34. The highest BCUT2D eigenvalue weighted by Gasteiger charge is 2.39. The van der Waals surface area contributed by atoms with Gasteiger partial charge in [-0.3, -0.25) is 0 Å². The van der Waals surface area contributed by atoms with Gasteiger partial charge in [0.2, 0.25) is 0 Å². The summed E-state index contributed by atoms with van der Waals surface area (Å²) in [6.45, 7) is -4.64. The van der Waals surface area contributed by atoms with Crippen molar-refractivity contribution in [2.75, 3.05) is 32.9 Å². The average Bonchev–Trinajstić information content (AvgIpc) is 2.82. The first-order valence-corrected chi connectivity index (χ1v) is 9.78. The SMILES string of the molecule is [2H]C([2H])([2H])N(C)c1ccc2c(c1)C(C)(C)C1=CC(=[N+](C([2H])([2H])[2H])C([2H])([2H])[2H])C=CC1=C2c1ccccc1C(=O)[O-]. The Bertz CT molecular complexity index is 1510. The number of carbonyl (C=O) groups excluding carboxylic acids is 1. The second-order valence-corrected chi connectivity index (χ2v) is 8.19. The number of carbonyl (C=O) groups is 1. The van der Waals surface area contributed by atoms with Crippen molar-refractivity contribution in [2.24, 2.45) is 0 Å². The maximum absolute atomic E-state index is 12.1. The smallest absolute Gasteiger partial charge is 0.199 e. The number of carboxylic acid groups (broad SMARTS) is 1. The van der Waals surface area contributed by atoms with Crippen LogP contribution in [0.25, 0.3) is 5.57 Å². The molecule has 0 unspecified atom stereocenters. The number of hydrogen-bond donors (Lipinski definition) is 0. The van der Waals surface area contributed by atoms with Gasteiger partial charge in [0.05, 0.1) is 14.2 Å². The number of benzene rings is 2. The van der Waals surface area contributed by atoms with Crippen molar-refractivity contribution in [3.8, 4) is 0 Å². The van der Waals surface area contributed by atoms with Gasteiger partial charge in [-0.2, -0.15) is 0 Å². The molecule has 0 spiro atoms. The van der Waals surface area contributed by atoms with Gasteiger partial charge in [0.15, 0.2) is 5.71 Å². The molecule has 2 aromatic rings. The van der Waals surface area contributed by atoms with Gasteiger partial charge in [-0.1, -0.05) is 44.2 Å². The second-order valence-electron chi connectivity index (χ2n) is 8.19. The van der Waals surface area contributed by atoms with Crippen molar-refractivity contribution in [1.29, 1.82) is 0 Å². The van der Waals surface area contributed by atoms with E-state index in [9.17, 15) is 9.90 Å². The van der Waals surface area contributed by atoms with Gasteiger partial charge in [0, 0.05) is 47.0 Å². The molecular weight excluding hydrogens is 384 g/mol. The Morgan fingerprint density at radius 3 is 2.58 bits per heavy atom. The van der Waals surface area contributed by atoms with E-state index >= 15 is 0 Å². The first-order valence-electron chi connectivity index (χ1n) is 14.3. The standard InChI is InChI=1S/C27H28N2O2/c1-27(2)23-15-17(28(3)4)11-13-21(23)25(19-9-7-8-10-20(19)26(30)31)22-14-12-18(29(5)6)16-24(22)27/h7-16H,1-6H3/i3D3,4D3,5D3. The van der Waals surface area contributed by atoms with Crippen LogP contribution in [0.2, 0.25) is 0 Å². The van der Waals surface area contributed by atoms with Gasteiger partial charge < -0.3 is 14.8 Å². The van der Waals surface area contributed by atoms with Crippen LogP contribution in [-0.2, 0) is 5.41 Å². The lowest BCUT2D eigenvalue weighted by Gasteiger charge is -2.39. The van der Waals surface area contributed by atoms with Crippen molar-refractivity contribution in [3.05, 3.63) is 94.1 Å². The quantitative estimate of drug-likeness (QED) is 0.714. The molecular formula is C27H28N2O2. The molecule has 0 saturated heterocycles. The van der Waals surface area contributed by atoms with Crippen LogP contribution in [0.1, 0.15) is 53.2 Å². The maximum Gasteiger partial charge on any atom is 0.199 e. The first kappa shape index (κ1) is 12.5. The highest BCUT2D eigenvalue weighted by atomic mass is 16.4. The minimum absolute atomic E-state index is 0.0569. The van der Waals surface area contributed by atoms with Gasteiger partial charge in [0.1, 0.15) is 14.0 Å². The van der Waals surface area contributed by atoms with E-state index in [1.807, 2.05) is 13.8 Å². The first-order chi connectivity index (χ1) is 18.3. The van der Waals surface area contributed by atoms with E-state index in [2.05, 4.69) is 0 Å². The largest absolute Gasteiger partial charge is 0.545 e. The van der Waals surface area contributed by atoms with Crippen LogP contribution < -0.4 is 10.0 Å². The molecule has 2 aromatic carbocycles. The summed E-state index contributed by atoms with van der Waals surface area (Å²) in [5.74, 6) is -1.39. The van der Waals surface area contributed by atoms with Crippen LogP contribution in [0.3, 0.4) is 0 Å². The predicted octanol–water partition coefficient (Wildman–Crippen LogP) is 3.42. The Balaban J connectivity index is 2.14. The third-order valence-corrected chi connectivity index (χ3v) is 5.95. The molecule has 0 heterocycles. The fraction of sp³-hybridized carbons (Fsp3) is 0.259. The summed E-state index contributed by atoms with van der Waals surface area (Å²) in [6.07, 6.45) is 4.50. The molecule has 31 heavy (non-hydrogen) atoms. The van der Waals surface area contributed by atoms with E-state index in [1.165, 1.54) is 25.3 Å². The monoisotopic (exact) mass is 421 g/mol. The van der Waals surface area contributed by atoms with Crippen LogP contribution in [-0.4, -0.2) is 44.2 Å². The van der Waals surface area contributed by atoms with E-state index in [0.29, 0.717) is 43.7 Å². The number of aromatic carboxylic acids is 1. The minimum atomic E-state index is -2.97. The van der Waals surface area contributed by atoms with Crippen molar-refractivity contribution < 1.29 is 26.8 Å². The van der Waals surface area contributed by atoms with E-state index in [-0.39, 0.29) is 11.3 Å². The van der Waals surface area contributed by atoms with Crippen molar-refractivity contribution in [1.82, 2.24) is 0 Å². The number of hydrogen-bond acceptors (Lipinski definition) is 3. The van der Waals surface area contributed by atoms with Crippen LogP contribution in [0.4, 0.5) is 5.69 Å². The zero-order valence-corrected chi connectivity index (χ0v) is 17.5. The number of rotatable bonds is 3. The van der Waals surface area contributed by atoms with Gasteiger partial charge >= 0.3 is 0 Å². The Kier molecular flexibility index (Phi) is 2.96. The Labute approximate surface area is 196 Å². The molecule has 2 aliphatic rings. The lowest BCUT2D eigenvalue weighted by atomic mass is 9.64. The summed E-state index contributed by atoms with van der Waals surface area (Å²) in [7, 11) is 1.44. The number of nitrogens with zero attached hydrogens (tertiary/aromatic N) is 2. The molecule has 2 aliphatic carbocycles. The van der Waals surface area contributed by atoms with Crippen LogP contribution in [0.5, 0.6) is 0 Å². The lowest BCUT2D eigenvalue weighted by molar-refractivity contribution is -0.462. The van der Waals surface area contributed by atoms with Crippen molar-refractivity contribution in [3.63, 3.8) is 0 Å². The molecule has 0 amide bonds. The van der Waals surface area contributed by atoms with Crippen LogP contribution in [0, 0.1) is 0 Å². The zero-order chi connectivity index (χ0) is 30.0. The van der Waals surface area contributed by atoms with E-state index in [1.54, 1.807) is 42.5 Å². The van der Waals surface area contributed by atoms with Gasteiger partial charge in [0.25, 0.3) is 0 Å². The highest BCUT2D eigenvalue weighted by Crippen LogP contribution is 2.50. The molecule has 4 rings (SSSR count). The fourth-order valence-corrected chi connectivity index (χ4v) is 4.34. The summed E-state index contributed by atoms with van der Waals surface area (Å²) < 4.78 is 71.2. The number of allylic oxidation sites excluding steroid dienone is 5. The Hall–Kier alpha value is -3.40. The molecule has 0 radical (unpaired) electrons. The molecule has 0 aromatic heterocycles. The number of fused-ring (bicyclic) bond motifs is 2. The molecule has 0 N–H and O–H groups in total. The molecule has 0 aliphatic heterocycles. The second kappa shape index (κ2) is 7.38. The molecule has 0 bridgehead atoms. The predicted molar refractivity (Wildman–Crippen MR) is 125 cm³/mol. The molecule has 4 nitrogen and oxygen atoms in total. The summed E-state index contributed by atoms with van der Waals surface area (Å²) in [5.41, 5.74) is 2.73. The summed E-state index contributed by atoms with van der Waals surface area (Å²) in [4.78, 5) is 13.3. The van der Waals surface area contributed by atoms with Gasteiger partial charge in [-0.05, 0) is 51.6 Å². The number of carboxylic acids is 1. The minimum Gasteiger partial charge on any atom is -0.545 e. The topological polar surface area (TPSA) is 46.4 Å². The third-order valence-electron chi connectivity index (χ3n) is 5.95. The van der Waals surface area contributed by atoms with Gasteiger partial charge in [-0.15, -0.1) is 0 Å². The molecule has 0 atom stereocenters. The summed E-state index contributed by atoms with van der Waals surface area (Å²) in [6, 6.07) is 11.4. The molecule has 158 valence electrons. The van der Waals surface area contributed by atoms with Crippen LogP contribution >= 0.6 is 0 Å². The Morgan fingerprint density at radius 1 is 1.10 bits per heavy atom. The summed E-state index contributed by atoms with van der Waals surface area (Å²) >= 11 is 0. The molecule has 4 heteroatoms. The zero-order valence-electron chi connectivity index (χ0n) is 26.5. The molecule has 0 saturated carbocycles.